The van der Waals surface area contributed by atoms with Gasteiger partial charge in [-0.1, -0.05) is 6.92 Å². The van der Waals surface area contributed by atoms with Crippen LogP contribution in [0.1, 0.15) is 32.3 Å². The zero-order valence-electron chi connectivity index (χ0n) is 11.4. The SMILES string of the molecule is CC1OC(C)C(C(=O)C(C#N)c2ccncc2)C1C. The molecule has 2 rings (SSSR count). The number of nitrogens with zero attached hydrogens (tertiary/aromatic N) is 2. The second-order valence-electron chi connectivity index (χ2n) is 5.18. The van der Waals surface area contributed by atoms with E-state index in [9.17, 15) is 10.1 Å². The van der Waals surface area contributed by atoms with E-state index < -0.39 is 5.92 Å². The van der Waals surface area contributed by atoms with Gasteiger partial charge in [0.05, 0.1) is 24.2 Å². The highest BCUT2D eigenvalue weighted by Crippen LogP contribution is 2.36. The summed E-state index contributed by atoms with van der Waals surface area (Å²) in [5.74, 6) is -0.849. The second kappa shape index (κ2) is 5.50. The molecule has 4 nitrogen and oxygen atoms in total. The molecule has 100 valence electrons. The first-order chi connectivity index (χ1) is 9.06. The number of pyridine rings is 1. The minimum atomic E-state index is -0.730. The molecule has 5 atom stereocenters. The number of carbonyl (C=O) groups excluding carboxylic acids is 1. The highest BCUT2D eigenvalue weighted by Gasteiger charge is 2.44. The number of hydrogen-bond acceptors (Lipinski definition) is 4. The molecule has 1 saturated heterocycles. The molecule has 1 aromatic rings. The summed E-state index contributed by atoms with van der Waals surface area (Å²) in [7, 11) is 0. The fraction of sp³-hybridized carbons (Fsp3) is 0.533. The number of rotatable bonds is 3. The normalized spacial score (nSPS) is 31.7. The van der Waals surface area contributed by atoms with Gasteiger partial charge in [-0.05, 0) is 37.5 Å². The smallest absolute Gasteiger partial charge is 0.160 e. The van der Waals surface area contributed by atoms with Crippen molar-refractivity contribution in [1.29, 1.82) is 5.26 Å². The molecule has 0 saturated carbocycles. The van der Waals surface area contributed by atoms with Gasteiger partial charge in [0.2, 0.25) is 0 Å². The summed E-state index contributed by atoms with van der Waals surface area (Å²) in [5.41, 5.74) is 0.710. The third-order valence-electron chi connectivity index (χ3n) is 4.02. The molecular weight excluding hydrogens is 240 g/mol. The van der Waals surface area contributed by atoms with Crippen molar-refractivity contribution in [1.82, 2.24) is 4.98 Å². The fourth-order valence-electron chi connectivity index (χ4n) is 2.81. The Balaban J connectivity index is 2.26. The summed E-state index contributed by atoms with van der Waals surface area (Å²) in [6, 6.07) is 5.56. The predicted molar refractivity (Wildman–Crippen MR) is 70.3 cm³/mol. The van der Waals surface area contributed by atoms with Gasteiger partial charge in [-0.15, -0.1) is 0 Å². The maximum Gasteiger partial charge on any atom is 0.160 e. The number of carbonyl (C=O) groups is 1. The van der Waals surface area contributed by atoms with E-state index in [4.69, 9.17) is 4.74 Å². The maximum atomic E-state index is 12.6. The zero-order chi connectivity index (χ0) is 14.0. The Labute approximate surface area is 113 Å². The van der Waals surface area contributed by atoms with Crippen LogP contribution in [0.25, 0.3) is 0 Å². The van der Waals surface area contributed by atoms with E-state index in [1.165, 1.54) is 0 Å². The Morgan fingerprint density at radius 3 is 2.42 bits per heavy atom. The number of aromatic nitrogens is 1. The van der Waals surface area contributed by atoms with E-state index >= 15 is 0 Å². The number of Topliss-reactive ketones (excluding diaryl/α,β-unsaturated/α-hetero) is 1. The summed E-state index contributed by atoms with van der Waals surface area (Å²) in [6.07, 6.45) is 3.14. The van der Waals surface area contributed by atoms with E-state index in [1.54, 1.807) is 24.5 Å². The molecular formula is C15H18N2O2. The molecule has 5 unspecified atom stereocenters. The Hall–Kier alpha value is -1.73. The first-order valence-electron chi connectivity index (χ1n) is 6.55. The van der Waals surface area contributed by atoms with Crippen molar-refractivity contribution in [3.05, 3.63) is 30.1 Å². The molecule has 0 aliphatic carbocycles. The molecule has 0 radical (unpaired) electrons. The molecule has 0 aromatic carbocycles. The van der Waals surface area contributed by atoms with Gasteiger partial charge in [0.1, 0.15) is 5.92 Å². The van der Waals surface area contributed by atoms with Crippen LogP contribution in [0, 0.1) is 23.2 Å². The first kappa shape index (κ1) is 13.7. The van der Waals surface area contributed by atoms with Crippen molar-refractivity contribution < 1.29 is 9.53 Å². The van der Waals surface area contributed by atoms with E-state index in [0.717, 1.165) is 0 Å². The minimum absolute atomic E-state index is 0.0435. The van der Waals surface area contributed by atoms with Crippen LogP contribution < -0.4 is 0 Å². The van der Waals surface area contributed by atoms with Gasteiger partial charge in [0, 0.05) is 12.4 Å². The van der Waals surface area contributed by atoms with E-state index in [-0.39, 0.29) is 29.8 Å². The summed E-state index contributed by atoms with van der Waals surface area (Å²) in [5, 5.41) is 9.32. The lowest BCUT2D eigenvalue weighted by molar-refractivity contribution is -0.125. The quantitative estimate of drug-likeness (QED) is 0.834. The molecule has 0 spiro atoms. The lowest BCUT2D eigenvalue weighted by Gasteiger charge is -2.20. The Bertz CT molecular complexity index is 495. The largest absolute Gasteiger partial charge is 0.375 e. The van der Waals surface area contributed by atoms with Crippen molar-refractivity contribution in [2.75, 3.05) is 0 Å². The average Bonchev–Trinajstić information content (AvgIpc) is 2.65. The number of nitriles is 1. The van der Waals surface area contributed by atoms with Crippen LogP contribution in [0.4, 0.5) is 0 Å². The molecule has 0 N–H and O–H groups in total. The van der Waals surface area contributed by atoms with Crippen molar-refractivity contribution in [2.24, 2.45) is 11.8 Å². The van der Waals surface area contributed by atoms with Gasteiger partial charge in [0.15, 0.2) is 5.78 Å². The molecule has 1 aliphatic heterocycles. The molecule has 2 heterocycles. The molecule has 19 heavy (non-hydrogen) atoms. The van der Waals surface area contributed by atoms with Gasteiger partial charge in [0.25, 0.3) is 0 Å². The van der Waals surface area contributed by atoms with Gasteiger partial charge in [-0.3, -0.25) is 9.78 Å². The highest BCUT2D eigenvalue weighted by atomic mass is 16.5. The van der Waals surface area contributed by atoms with E-state index in [0.29, 0.717) is 5.56 Å². The fourth-order valence-corrected chi connectivity index (χ4v) is 2.81. The highest BCUT2D eigenvalue weighted by molar-refractivity contribution is 5.91. The predicted octanol–water partition coefficient (Wildman–Crippen LogP) is 2.32. The number of ketones is 1. The number of ether oxygens (including phenoxy) is 1. The summed E-state index contributed by atoms with van der Waals surface area (Å²) >= 11 is 0. The minimum Gasteiger partial charge on any atom is -0.375 e. The lowest BCUT2D eigenvalue weighted by atomic mass is 9.79. The molecule has 1 aliphatic rings. The molecule has 1 fully saturated rings. The Kier molecular flexibility index (Phi) is 3.96. The molecule has 4 heteroatoms. The third kappa shape index (κ3) is 2.52. The molecule has 0 bridgehead atoms. The Morgan fingerprint density at radius 2 is 1.95 bits per heavy atom. The van der Waals surface area contributed by atoms with Gasteiger partial charge >= 0.3 is 0 Å². The van der Waals surface area contributed by atoms with Crippen molar-refractivity contribution in [2.45, 2.75) is 38.9 Å². The topological polar surface area (TPSA) is 63.0 Å². The van der Waals surface area contributed by atoms with E-state index in [2.05, 4.69) is 11.1 Å². The zero-order valence-corrected chi connectivity index (χ0v) is 11.4. The van der Waals surface area contributed by atoms with Gasteiger partial charge < -0.3 is 4.74 Å². The van der Waals surface area contributed by atoms with Crippen molar-refractivity contribution in [3.8, 4) is 6.07 Å². The van der Waals surface area contributed by atoms with Crippen LogP contribution >= 0.6 is 0 Å². The van der Waals surface area contributed by atoms with Crippen LogP contribution in [0.3, 0.4) is 0 Å². The standard InChI is InChI=1S/C15H18N2O2/c1-9-10(2)19-11(3)14(9)15(18)13(8-16)12-4-6-17-7-5-12/h4-7,9-11,13-14H,1-3H3. The lowest BCUT2D eigenvalue weighted by Crippen LogP contribution is -2.30. The summed E-state index contributed by atoms with van der Waals surface area (Å²) < 4.78 is 5.70. The van der Waals surface area contributed by atoms with Crippen LogP contribution in [-0.2, 0) is 9.53 Å². The van der Waals surface area contributed by atoms with Crippen LogP contribution in [-0.4, -0.2) is 23.0 Å². The van der Waals surface area contributed by atoms with Crippen LogP contribution in [0.2, 0.25) is 0 Å². The van der Waals surface area contributed by atoms with Crippen molar-refractivity contribution in [3.63, 3.8) is 0 Å². The maximum absolute atomic E-state index is 12.6. The van der Waals surface area contributed by atoms with Crippen LogP contribution in [0.5, 0.6) is 0 Å². The molecule has 0 amide bonds. The average molecular weight is 258 g/mol. The van der Waals surface area contributed by atoms with Crippen molar-refractivity contribution >= 4 is 5.78 Å². The molecule has 1 aromatic heterocycles. The summed E-state index contributed by atoms with van der Waals surface area (Å²) in [4.78, 5) is 16.5. The first-order valence-corrected chi connectivity index (χ1v) is 6.55. The van der Waals surface area contributed by atoms with Gasteiger partial charge in [-0.25, -0.2) is 0 Å². The van der Waals surface area contributed by atoms with Gasteiger partial charge in [-0.2, -0.15) is 5.26 Å². The van der Waals surface area contributed by atoms with Crippen LogP contribution in [0.15, 0.2) is 24.5 Å². The Morgan fingerprint density at radius 1 is 1.32 bits per heavy atom. The second-order valence-corrected chi connectivity index (χ2v) is 5.18. The summed E-state index contributed by atoms with van der Waals surface area (Å²) in [6.45, 7) is 5.89. The number of hydrogen-bond donors (Lipinski definition) is 0. The monoisotopic (exact) mass is 258 g/mol. The third-order valence-corrected chi connectivity index (χ3v) is 4.02. The van der Waals surface area contributed by atoms with E-state index in [1.807, 2.05) is 20.8 Å².